The van der Waals surface area contributed by atoms with Crippen molar-refractivity contribution in [3.8, 4) is 0 Å². The summed E-state index contributed by atoms with van der Waals surface area (Å²) in [5.74, 6) is -3.99. The number of carbonyl (C=O) groups is 1. The number of alkyl halides is 2. The predicted octanol–water partition coefficient (Wildman–Crippen LogP) is 1.04. The lowest BCUT2D eigenvalue weighted by Crippen LogP contribution is -2.41. The zero-order valence-corrected chi connectivity index (χ0v) is 13.9. The van der Waals surface area contributed by atoms with E-state index in [1.165, 1.54) is 28.6 Å². The molecule has 6 nitrogen and oxygen atoms in total. The Balaban J connectivity index is 2.99. The molecular weight excluding hydrogens is 328 g/mol. The molecule has 0 spiro atoms. The Hall–Kier alpha value is -1.58. The molecule has 3 N–H and O–H groups in total. The van der Waals surface area contributed by atoms with Crippen LogP contribution in [0.1, 0.15) is 24.2 Å². The van der Waals surface area contributed by atoms with Crippen molar-refractivity contribution in [2.75, 3.05) is 26.2 Å². The summed E-state index contributed by atoms with van der Waals surface area (Å²) in [7, 11) is -3.72. The molecule has 0 unspecified atom stereocenters. The Morgan fingerprint density at radius 2 is 1.91 bits per heavy atom. The summed E-state index contributed by atoms with van der Waals surface area (Å²) in [5.41, 5.74) is 4.88. The van der Waals surface area contributed by atoms with Crippen LogP contribution in [-0.2, 0) is 10.0 Å². The highest BCUT2D eigenvalue weighted by atomic mass is 32.2. The van der Waals surface area contributed by atoms with E-state index in [2.05, 4.69) is 0 Å². The van der Waals surface area contributed by atoms with Crippen LogP contribution in [0.15, 0.2) is 29.2 Å². The molecule has 0 bridgehead atoms. The zero-order chi connectivity index (χ0) is 17.7. The third kappa shape index (κ3) is 4.95. The number of nitrogens with two attached hydrogens (primary N) is 1. The number of carbonyl (C=O) groups excluding carboxylic acids is 1. The van der Waals surface area contributed by atoms with E-state index in [9.17, 15) is 22.0 Å². The molecule has 1 aromatic rings. The van der Waals surface area contributed by atoms with Crippen LogP contribution in [0.5, 0.6) is 0 Å². The highest BCUT2D eigenvalue weighted by Gasteiger charge is 2.28. The van der Waals surface area contributed by atoms with E-state index >= 15 is 0 Å². The van der Waals surface area contributed by atoms with Crippen molar-refractivity contribution >= 4 is 15.9 Å². The minimum absolute atomic E-state index is 0.00828. The molecule has 9 heteroatoms. The van der Waals surface area contributed by atoms with Crippen molar-refractivity contribution in [1.82, 2.24) is 9.62 Å². The topological polar surface area (TPSA) is 92.5 Å². The van der Waals surface area contributed by atoms with E-state index in [1.54, 1.807) is 13.8 Å². The maximum absolute atomic E-state index is 13.1. The van der Waals surface area contributed by atoms with Gasteiger partial charge in [0.15, 0.2) is 0 Å². The van der Waals surface area contributed by atoms with Gasteiger partial charge in [-0.2, -0.15) is 4.31 Å². The molecule has 130 valence electrons. The molecule has 0 saturated heterocycles. The molecule has 0 aliphatic rings. The highest BCUT2D eigenvalue weighted by molar-refractivity contribution is 7.89. The normalized spacial score (nSPS) is 12.4. The van der Waals surface area contributed by atoms with E-state index in [4.69, 9.17) is 5.73 Å². The molecule has 0 aromatic heterocycles. The van der Waals surface area contributed by atoms with Gasteiger partial charge in [-0.25, -0.2) is 17.2 Å². The number of amides is 1. The third-order valence-electron chi connectivity index (χ3n) is 3.25. The Labute approximate surface area is 134 Å². The predicted molar refractivity (Wildman–Crippen MR) is 82.9 cm³/mol. The number of nitrogens with zero attached hydrogens (tertiary/aromatic N) is 1. The van der Waals surface area contributed by atoms with Gasteiger partial charge in [0, 0.05) is 18.7 Å². The second kappa shape index (κ2) is 7.80. The van der Waals surface area contributed by atoms with Gasteiger partial charge >= 0.3 is 0 Å². The average Bonchev–Trinajstić information content (AvgIpc) is 2.53. The number of benzene rings is 1. The Kier molecular flexibility index (Phi) is 6.60. The first kappa shape index (κ1) is 19.5. The van der Waals surface area contributed by atoms with Gasteiger partial charge in [0.25, 0.3) is 11.8 Å². The quantitative estimate of drug-likeness (QED) is 0.733. The lowest BCUT2D eigenvalue weighted by Gasteiger charge is -2.19. The summed E-state index contributed by atoms with van der Waals surface area (Å²) in [6, 6.07) is 5.28. The summed E-state index contributed by atoms with van der Waals surface area (Å²) in [6.07, 6.45) is 0. The molecule has 1 aromatic carbocycles. The first-order valence-electron chi connectivity index (χ1n) is 7.14. The summed E-state index contributed by atoms with van der Waals surface area (Å²) in [4.78, 5) is 11.8. The van der Waals surface area contributed by atoms with Crippen LogP contribution in [0.25, 0.3) is 0 Å². The van der Waals surface area contributed by atoms with Crippen molar-refractivity contribution in [1.29, 1.82) is 0 Å². The lowest BCUT2D eigenvalue weighted by atomic mass is 10.2. The molecule has 23 heavy (non-hydrogen) atoms. The van der Waals surface area contributed by atoms with Gasteiger partial charge < -0.3 is 11.1 Å². The van der Waals surface area contributed by atoms with E-state index in [-0.39, 0.29) is 23.5 Å². The molecule has 0 heterocycles. The van der Waals surface area contributed by atoms with Gasteiger partial charge in [0.2, 0.25) is 10.0 Å². The van der Waals surface area contributed by atoms with Crippen LogP contribution >= 0.6 is 0 Å². The highest BCUT2D eigenvalue weighted by Crippen LogP contribution is 2.17. The van der Waals surface area contributed by atoms with E-state index in [1.807, 2.05) is 5.32 Å². The average molecular weight is 349 g/mol. The summed E-state index contributed by atoms with van der Waals surface area (Å²) in [6.45, 7) is 2.19. The first-order chi connectivity index (χ1) is 10.7. The number of rotatable bonds is 8. The standard InChI is InChI=1S/C14H21F2N3O3S/c1-3-19(4-2)23(21,22)12-7-5-6-11(8-12)13(20)18-10-14(15,16)9-17/h5-8H,3-4,9-10,17H2,1-2H3,(H,18,20). The van der Waals surface area contributed by atoms with Crippen molar-refractivity contribution in [3.05, 3.63) is 29.8 Å². The fourth-order valence-corrected chi connectivity index (χ4v) is 3.40. The fourth-order valence-electron chi connectivity index (χ4n) is 1.89. The Bertz CT molecular complexity index is 646. The first-order valence-corrected chi connectivity index (χ1v) is 8.58. The van der Waals surface area contributed by atoms with Crippen LogP contribution in [-0.4, -0.2) is 50.7 Å². The largest absolute Gasteiger partial charge is 0.346 e. The van der Waals surface area contributed by atoms with Gasteiger partial charge in [0.05, 0.1) is 18.0 Å². The summed E-state index contributed by atoms with van der Waals surface area (Å²) in [5, 5.41) is 2.05. The Morgan fingerprint density at radius 3 is 2.43 bits per heavy atom. The van der Waals surface area contributed by atoms with E-state index in [0.29, 0.717) is 0 Å². The molecule has 0 fully saturated rings. The second-order valence-electron chi connectivity index (χ2n) is 4.86. The van der Waals surface area contributed by atoms with Crippen LogP contribution in [0.2, 0.25) is 0 Å². The van der Waals surface area contributed by atoms with Gasteiger partial charge in [0.1, 0.15) is 0 Å². The minimum atomic E-state index is -3.72. The molecule has 1 amide bonds. The number of sulfonamides is 1. The van der Waals surface area contributed by atoms with Crippen molar-refractivity contribution in [2.24, 2.45) is 5.73 Å². The molecule has 0 radical (unpaired) electrons. The molecule has 0 aliphatic carbocycles. The third-order valence-corrected chi connectivity index (χ3v) is 5.29. The number of nitrogens with one attached hydrogen (secondary N) is 1. The zero-order valence-electron chi connectivity index (χ0n) is 13.1. The maximum Gasteiger partial charge on any atom is 0.277 e. The molecule has 0 aliphatic heterocycles. The van der Waals surface area contributed by atoms with E-state index < -0.39 is 34.9 Å². The number of halogens is 2. The number of hydrogen-bond donors (Lipinski definition) is 2. The van der Waals surface area contributed by atoms with Crippen molar-refractivity contribution in [2.45, 2.75) is 24.7 Å². The van der Waals surface area contributed by atoms with Gasteiger partial charge in [-0.1, -0.05) is 19.9 Å². The Morgan fingerprint density at radius 1 is 1.30 bits per heavy atom. The van der Waals surface area contributed by atoms with Gasteiger partial charge in [-0.3, -0.25) is 4.79 Å². The monoisotopic (exact) mass is 349 g/mol. The molecule has 0 atom stereocenters. The van der Waals surface area contributed by atoms with Crippen LogP contribution in [0, 0.1) is 0 Å². The van der Waals surface area contributed by atoms with Gasteiger partial charge in [-0.15, -0.1) is 0 Å². The van der Waals surface area contributed by atoms with Crippen molar-refractivity contribution < 1.29 is 22.0 Å². The van der Waals surface area contributed by atoms with Crippen LogP contribution in [0.3, 0.4) is 0 Å². The SMILES string of the molecule is CCN(CC)S(=O)(=O)c1cccc(C(=O)NCC(F)(F)CN)c1. The molecule has 0 saturated carbocycles. The second-order valence-corrected chi connectivity index (χ2v) is 6.80. The van der Waals surface area contributed by atoms with Gasteiger partial charge in [-0.05, 0) is 18.2 Å². The van der Waals surface area contributed by atoms with Crippen LogP contribution < -0.4 is 11.1 Å². The fraction of sp³-hybridized carbons (Fsp3) is 0.500. The summed E-state index contributed by atoms with van der Waals surface area (Å²) < 4.78 is 52.1. The lowest BCUT2D eigenvalue weighted by molar-refractivity contribution is 0.0118. The van der Waals surface area contributed by atoms with Crippen molar-refractivity contribution in [3.63, 3.8) is 0 Å². The summed E-state index contributed by atoms with van der Waals surface area (Å²) >= 11 is 0. The minimum Gasteiger partial charge on any atom is -0.346 e. The van der Waals surface area contributed by atoms with Crippen LogP contribution in [0.4, 0.5) is 8.78 Å². The maximum atomic E-state index is 13.1. The van der Waals surface area contributed by atoms with E-state index in [0.717, 1.165) is 0 Å². The molecular formula is C14H21F2N3O3S. The number of hydrogen-bond acceptors (Lipinski definition) is 4. The smallest absolute Gasteiger partial charge is 0.277 e. The molecule has 1 rings (SSSR count).